The molecule has 0 bridgehead atoms. The first kappa shape index (κ1) is 18.7. The first-order valence-electron chi connectivity index (χ1n) is 8.83. The third-order valence-corrected chi connectivity index (χ3v) is 4.92. The van der Waals surface area contributed by atoms with Gasteiger partial charge in [-0.25, -0.2) is 4.79 Å². The number of carbonyl (C=O) groups is 1. The Hall–Kier alpha value is -3.06. The molecule has 0 unspecified atom stereocenters. The zero-order valence-corrected chi connectivity index (χ0v) is 15.6. The highest BCUT2D eigenvalue weighted by molar-refractivity contribution is 5.92. The minimum absolute atomic E-state index is 0.387. The number of aromatic amines is 1. The van der Waals surface area contributed by atoms with Crippen molar-refractivity contribution in [2.24, 2.45) is 7.05 Å². The van der Waals surface area contributed by atoms with E-state index in [1.165, 1.54) is 5.69 Å². The number of aromatic carboxylic acids is 1. The van der Waals surface area contributed by atoms with Gasteiger partial charge in [-0.2, -0.15) is 0 Å². The summed E-state index contributed by atoms with van der Waals surface area (Å²) < 4.78 is 2.13. The van der Waals surface area contributed by atoms with Crippen molar-refractivity contribution in [3.05, 3.63) is 51.4 Å². The summed E-state index contributed by atoms with van der Waals surface area (Å²) in [6.07, 6.45) is 1.28. The van der Waals surface area contributed by atoms with Crippen molar-refractivity contribution < 1.29 is 15.0 Å². The highest BCUT2D eigenvalue weighted by Crippen LogP contribution is 2.32. The number of benzene rings is 1. The number of aryl methyl sites for hydroxylation is 1. The molecule has 1 aromatic carbocycles. The topological polar surface area (TPSA) is 107 Å². The van der Waals surface area contributed by atoms with Gasteiger partial charge in [-0.05, 0) is 37.2 Å². The van der Waals surface area contributed by atoms with Gasteiger partial charge in [-0.1, -0.05) is 13.0 Å². The van der Waals surface area contributed by atoms with Crippen molar-refractivity contribution >= 4 is 16.9 Å². The van der Waals surface area contributed by atoms with Crippen LogP contribution in [0.4, 0.5) is 0 Å². The number of H-pyrrole nitrogens is 1. The lowest BCUT2D eigenvalue weighted by Gasteiger charge is -2.12. The van der Waals surface area contributed by atoms with Crippen molar-refractivity contribution in [2.75, 3.05) is 13.6 Å². The lowest BCUT2D eigenvalue weighted by Crippen LogP contribution is -2.20. The molecule has 0 fully saturated rings. The van der Waals surface area contributed by atoms with Crippen LogP contribution in [-0.2, 0) is 19.9 Å². The van der Waals surface area contributed by atoms with Crippen LogP contribution in [0.1, 0.15) is 28.5 Å². The van der Waals surface area contributed by atoms with E-state index in [0.717, 1.165) is 29.4 Å². The van der Waals surface area contributed by atoms with Crippen molar-refractivity contribution in [2.45, 2.75) is 19.8 Å². The molecule has 0 amide bonds. The fraction of sp³-hybridized carbons (Fsp3) is 0.300. The Labute approximate surface area is 156 Å². The number of pyridine rings is 1. The smallest absolute Gasteiger partial charge is 0.345 e. The second-order valence-corrected chi connectivity index (χ2v) is 6.51. The molecule has 2 aromatic heterocycles. The molecule has 0 atom stereocenters. The zero-order valence-electron chi connectivity index (χ0n) is 15.6. The molecule has 0 saturated carbocycles. The van der Waals surface area contributed by atoms with Crippen molar-refractivity contribution in [3.63, 3.8) is 0 Å². The van der Waals surface area contributed by atoms with Gasteiger partial charge >= 0.3 is 5.97 Å². The van der Waals surface area contributed by atoms with Gasteiger partial charge in [0.05, 0.1) is 5.69 Å². The number of rotatable bonds is 6. The van der Waals surface area contributed by atoms with E-state index in [9.17, 15) is 19.8 Å². The van der Waals surface area contributed by atoms with E-state index in [2.05, 4.69) is 20.9 Å². The summed E-state index contributed by atoms with van der Waals surface area (Å²) in [4.78, 5) is 26.1. The molecular formula is C20H23N3O4. The third kappa shape index (κ3) is 3.21. The molecule has 142 valence electrons. The van der Waals surface area contributed by atoms with Crippen LogP contribution in [0.2, 0.25) is 0 Å². The molecule has 0 spiro atoms. The minimum Gasteiger partial charge on any atom is -0.506 e. The molecule has 7 nitrogen and oxygen atoms in total. The van der Waals surface area contributed by atoms with Crippen molar-refractivity contribution in [3.8, 4) is 17.0 Å². The van der Waals surface area contributed by atoms with Crippen LogP contribution < -0.4 is 10.9 Å². The Morgan fingerprint density at radius 1 is 1.30 bits per heavy atom. The average molecular weight is 369 g/mol. The molecule has 0 radical (unpaired) electrons. The minimum atomic E-state index is -1.44. The Bertz CT molecular complexity index is 1080. The van der Waals surface area contributed by atoms with E-state index < -0.39 is 22.8 Å². The lowest BCUT2D eigenvalue weighted by atomic mass is 9.99. The Kier molecular flexibility index (Phi) is 5.05. The molecular weight excluding hydrogens is 346 g/mol. The van der Waals surface area contributed by atoms with Gasteiger partial charge < -0.3 is 25.1 Å². The van der Waals surface area contributed by atoms with Crippen LogP contribution in [0.5, 0.6) is 5.75 Å². The molecule has 3 aromatic rings. The molecule has 0 aliphatic carbocycles. The lowest BCUT2D eigenvalue weighted by molar-refractivity contribution is 0.0691. The predicted octanol–water partition coefficient (Wildman–Crippen LogP) is 2.26. The van der Waals surface area contributed by atoms with E-state index in [1.54, 1.807) is 6.92 Å². The molecule has 3 rings (SSSR count). The number of likely N-dealkylation sites (N-methyl/N-ethyl adjacent to an activating group) is 1. The first-order chi connectivity index (χ1) is 12.9. The van der Waals surface area contributed by atoms with Crippen molar-refractivity contribution in [1.82, 2.24) is 14.9 Å². The van der Waals surface area contributed by atoms with Crippen LogP contribution in [0.25, 0.3) is 22.2 Å². The fourth-order valence-electron chi connectivity index (χ4n) is 3.47. The Balaban J connectivity index is 2.18. The van der Waals surface area contributed by atoms with Gasteiger partial charge in [-0.15, -0.1) is 0 Å². The maximum absolute atomic E-state index is 12.2. The molecule has 0 aliphatic rings. The van der Waals surface area contributed by atoms with E-state index >= 15 is 0 Å². The Morgan fingerprint density at radius 3 is 2.67 bits per heavy atom. The summed E-state index contributed by atoms with van der Waals surface area (Å²) in [5.74, 6) is -1.91. The van der Waals surface area contributed by atoms with E-state index in [4.69, 9.17) is 0 Å². The van der Waals surface area contributed by atoms with Crippen molar-refractivity contribution in [1.29, 1.82) is 0 Å². The summed E-state index contributed by atoms with van der Waals surface area (Å²) in [6.45, 7) is 2.67. The van der Waals surface area contributed by atoms with Crippen LogP contribution in [-0.4, -0.2) is 39.3 Å². The zero-order chi connectivity index (χ0) is 19.7. The number of carboxylic acids is 1. The van der Waals surface area contributed by atoms with Gasteiger partial charge in [0.1, 0.15) is 5.75 Å². The normalized spacial score (nSPS) is 11.2. The number of aromatic nitrogens is 2. The fourth-order valence-corrected chi connectivity index (χ4v) is 3.47. The molecule has 0 saturated heterocycles. The highest BCUT2D eigenvalue weighted by atomic mass is 16.4. The van der Waals surface area contributed by atoms with Gasteiger partial charge in [-0.3, -0.25) is 4.79 Å². The maximum atomic E-state index is 12.2. The first-order valence-corrected chi connectivity index (χ1v) is 8.83. The van der Waals surface area contributed by atoms with E-state index in [1.807, 2.05) is 32.3 Å². The van der Waals surface area contributed by atoms with Gasteiger partial charge in [0.25, 0.3) is 5.56 Å². The highest BCUT2D eigenvalue weighted by Gasteiger charge is 2.22. The van der Waals surface area contributed by atoms with E-state index in [-0.39, 0.29) is 0 Å². The number of hydrogen-bond acceptors (Lipinski definition) is 4. The van der Waals surface area contributed by atoms with Crippen LogP contribution in [0.3, 0.4) is 0 Å². The second-order valence-electron chi connectivity index (χ2n) is 6.51. The summed E-state index contributed by atoms with van der Waals surface area (Å²) in [5.41, 5.74) is 2.42. The largest absolute Gasteiger partial charge is 0.506 e. The van der Waals surface area contributed by atoms with Gasteiger partial charge in [0.15, 0.2) is 5.56 Å². The van der Waals surface area contributed by atoms with E-state index in [0.29, 0.717) is 17.7 Å². The number of carboxylic acid groups (broad SMARTS) is 1. The van der Waals surface area contributed by atoms with Gasteiger partial charge in [0.2, 0.25) is 0 Å². The summed E-state index contributed by atoms with van der Waals surface area (Å²) in [7, 11) is 3.93. The summed E-state index contributed by atoms with van der Waals surface area (Å²) in [6, 6.07) is 7.88. The monoisotopic (exact) mass is 369 g/mol. The number of nitrogens with one attached hydrogen (secondary N) is 2. The average Bonchev–Trinajstić information content (AvgIpc) is 2.94. The number of aromatic hydroxyl groups is 1. The number of hydrogen-bond donors (Lipinski definition) is 4. The molecule has 27 heavy (non-hydrogen) atoms. The summed E-state index contributed by atoms with van der Waals surface area (Å²) in [5, 5.41) is 23.7. The Morgan fingerprint density at radius 2 is 2.04 bits per heavy atom. The quantitative estimate of drug-likeness (QED) is 0.533. The molecule has 2 heterocycles. The second kappa shape index (κ2) is 7.28. The molecule has 7 heteroatoms. The number of fused-ring (bicyclic) bond motifs is 1. The van der Waals surface area contributed by atoms with Crippen LogP contribution >= 0.6 is 0 Å². The SMILES string of the molecule is CCc1c(-c2ccc3c(c2)cc(CCNC)n3C)[nH]c(=O)c(C(=O)O)c1O. The molecule has 4 N–H and O–H groups in total. The third-order valence-electron chi connectivity index (χ3n) is 4.92. The van der Waals surface area contributed by atoms with Gasteiger partial charge in [0, 0.05) is 42.2 Å². The standard InChI is InChI=1S/C20H23N3O4/c1-4-14-17(22-19(25)16(18(14)24)20(26)27)11-5-6-15-12(9-11)10-13(23(15)3)7-8-21-2/h5-6,9-10,21H,4,7-8H2,1-3H3,(H,26,27)(H2,22,24,25). The predicted molar refractivity (Wildman–Crippen MR) is 105 cm³/mol. The number of nitrogens with zero attached hydrogens (tertiary/aromatic N) is 1. The molecule has 0 aliphatic heterocycles. The van der Waals surface area contributed by atoms with Crippen LogP contribution in [0.15, 0.2) is 29.1 Å². The summed E-state index contributed by atoms with van der Waals surface area (Å²) >= 11 is 0. The maximum Gasteiger partial charge on any atom is 0.345 e. The van der Waals surface area contributed by atoms with Crippen LogP contribution in [0, 0.1) is 0 Å².